The number of thiophene rings is 1. The lowest BCUT2D eigenvalue weighted by molar-refractivity contribution is 0.768. The molecule has 0 N–H and O–H groups in total. The van der Waals surface area contributed by atoms with Gasteiger partial charge in [-0.1, -0.05) is 170 Å². The number of hydrogen-bond donors (Lipinski definition) is 0. The van der Waals surface area contributed by atoms with E-state index in [0.717, 1.165) is 17.1 Å². The first kappa shape index (κ1) is 35.3. The zero-order valence-electron chi connectivity index (χ0n) is 35.1. The number of benzene rings is 10. The van der Waals surface area contributed by atoms with Crippen LogP contribution in [0, 0.1) is 0 Å². The second kappa shape index (κ2) is 12.9. The average Bonchev–Trinajstić information content (AvgIpc) is 4.11. The SMILES string of the molecule is c1ccc(C2(c3ccccc3)c3ccccc3-c3c(N(c4ccc5c(c4)n4c6ccccc6c6ccc7c8ccccc8n5c7c64)c4cccc5sc6ccccc6c45)cccc32)cc1. The monoisotopic (exact) mass is 843 g/mol. The number of hydrogen-bond acceptors (Lipinski definition) is 2. The van der Waals surface area contributed by atoms with Gasteiger partial charge in [-0.2, -0.15) is 0 Å². The zero-order valence-corrected chi connectivity index (χ0v) is 35.9. The molecule has 10 aromatic carbocycles. The fourth-order valence-electron chi connectivity index (χ4n) is 12.0. The molecule has 0 bridgehead atoms. The lowest BCUT2D eigenvalue weighted by Gasteiger charge is -2.34. The van der Waals surface area contributed by atoms with Gasteiger partial charge in [-0.15, -0.1) is 11.3 Å². The van der Waals surface area contributed by atoms with Gasteiger partial charge in [0.2, 0.25) is 0 Å². The van der Waals surface area contributed by atoms with Gasteiger partial charge < -0.3 is 13.7 Å². The lowest BCUT2D eigenvalue weighted by Crippen LogP contribution is -2.28. The Hall–Kier alpha value is -8.18. The average molecular weight is 844 g/mol. The molecule has 0 unspecified atom stereocenters. The van der Waals surface area contributed by atoms with Crippen LogP contribution in [0.15, 0.2) is 224 Å². The van der Waals surface area contributed by atoms with E-state index in [0.29, 0.717) is 0 Å². The highest BCUT2D eigenvalue weighted by atomic mass is 32.1. The number of para-hydroxylation sites is 2. The maximum absolute atomic E-state index is 2.58. The summed E-state index contributed by atoms with van der Waals surface area (Å²) in [6.45, 7) is 0. The van der Waals surface area contributed by atoms with Crippen molar-refractivity contribution < 1.29 is 0 Å². The van der Waals surface area contributed by atoms with E-state index >= 15 is 0 Å². The molecule has 0 aliphatic heterocycles. The highest BCUT2D eigenvalue weighted by Crippen LogP contribution is 2.60. The molecular formula is C61H37N3S. The van der Waals surface area contributed by atoms with Crippen LogP contribution in [0.1, 0.15) is 22.3 Å². The van der Waals surface area contributed by atoms with Crippen LogP contribution in [0.4, 0.5) is 17.1 Å². The molecule has 4 heterocycles. The topological polar surface area (TPSA) is 12.1 Å². The van der Waals surface area contributed by atoms with Gasteiger partial charge in [-0.05, 0) is 82.4 Å². The van der Waals surface area contributed by atoms with E-state index in [2.05, 4.69) is 238 Å². The number of aromatic nitrogens is 2. The van der Waals surface area contributed by atoms with Gasteiger partial charge in [-0.3, -0.25) is 0 Å². The van der Waals surface area contributed by atoms with Gasteiger partial charge in [-0.25, -0.2) is 0 Å². The molecule has 0 spiro atoms. The molecule has 0 fully saturated rings. The van der Waals surface area contributed by atoms with Gasteiger partial charge in [0.15, 0.2) is 0 Å². The minimum atomic E-state index is -0.534. The normalized spacial score (nSPS) is 13.4. The van der Waals surface area contributed by atoms with Gasteiger partial charge in [0.1, 0.15) is 0 Å². The predicted molar refractivity (Wildman–Crippen MR) is 274 cm³/mol. The van der Waals surface area contributed by atoms with Crippen LogP contribution in [0.5, 0.6) is 0 Å². The number of fused-ring (bicyclic) bond motifs is 15. The molecule has 14 aromatic rings. The quantitative estimate of drug-likeness (QED) is 0.157. The molecule has 0 saturated carbocycles. The van der Waals surface area contributed by atoms with Crippen molar-refractivity contribution in [2.24, 2.45) is 0 Å². The zero-order chi connectivity index (χ0) is 42.4. The van der Waals surface area contributed by atoms with Crippen LogP contribution in [-0.2, 0) is 5.41 Å². The Morgan fingerprint density at radius 1 is 0.369 bits per heavy atom. The summed E-state index contributed by atoms with van der Waals surface area (Å²) in [5, 5.41) is 7.63. The summed E-state index contributed by atoms with van der Waals surface area (Å²) in [6, 6.07) is 83.9. The van der Waals surface area contributed by atoms with Gasteiger partial charge in [0, 0.05) is 53.0 Å². The molecule has 0 radical (unpaired) electrons. The number of anilines is 3. The molecule has 0 atom stereocenters. The van der Waals surface area contributed by atoms with Crippen molar-refractivity contribution >= 4 is 103 Å². The van der Waals surface area contributed by atoms with Crippen LogP contribution in [0.2, 0.25) is 0 Å². The molecule has 4 heteroatoms. The highest BCUT2D eigenvalue weighted by molar-refractivity contribution is 7.26. The molecule has 4 aromatic heterocycles. The fraction of sp³-hybridized carbons (Fsp3) is 0.0164. The Kier molecular flexibility index (Phi) is 7.03. The maximum Gasteiger partial charge on any atom is 0.0789 e. The minimum Gasteiger partial charge on any atom is -0.309 e. The molecule has 65 heavy (non-hydrogen) atoms. The first-order chi connectivity index (χ1) is 32.3. The van der Waals surface area contributed by atoms with Crippen molar-refractivity contribution in [1.82, 2.24) is 8.80 Å². The summed E-state index contributed by atoms with van der Waals surface area (Å²) >= 11 is 1.87. The van der Waals surface area contributed by atoms with Crippen LogP contribution in [-0.4, -0.2) is 8.80 Å². The number of nitrogens with zero attached hydrogens (tertiary/aromatic N) is 3. The lowest BCUT2D eigenvalue weighted by atomic mass is 9.68. The number of rotatable bonds is 5. The summed E-state index contributed by atoms with van der Waals surface area (Å²) in [4.78, 5) is 2.58. The Morgan fingerprint density at radius 3 is 1.65 bits per heavy atom. The molecular weight excluding hydrogens is 807 g/mol. The molecule has 302 valence electrons. The largest absolute Gasteiger partial charge is 0.309 e. The smallest absolute Gasteiger partial charge is 0.0789 e. The molecule has 0 saturated heterocycles. The van der Waals surface area contributed by atoms with Crippen molar-refractivity contribution in [3.63, 3.8) is 0 Å². The summed E-state index contributed by atoms with van der Waals surface area (Å²) < 4.78 is 7.63. The Bertz CT molecular complexity index is 4210. The molecule has 1 aliphatic rings. The third-order valence-corrected chi connectivity index (χ3v) is 15.6. The van der Waals surface area contributed by atoms with Crippen molar-refractivity contribution in [1.29, 1.82) is 0 Å². The summed E-state index contributed by atoms with van der Waals surface area (Å²) in [6.07, 6.45) is 0. The fourth-order valence-corrected chi connectivity index (χ4v) is 13.2. The first-order valence-corrected chi connectivity index (χ1v) is 23.3. The van der Waals surface area contributed by atoms with Crippen molar-refractivity contribution in [3.8, 4) is 11.1 Å². The van der Waals surface area contributed by atoms with Crippen molar-refractivity contribution in [2.75, 3.05) is 4.90 Å². The van der Waals surface area contributed by atoms with E-state index in [1.54, 1.807) is 0 Å². The Morgan fingerprint density at radius 2 is 0.923 bits per heavy atom. The summed E-state index contributed by atoms with van der Waals surface area (Å²) in [7, 11) is 0. The first-order valence-electron chi connectivity index (χ1n) is 22.4. The van der Waals surface area contributed by atoms with E-state index in [-0.39, 0.29) is 0 Å². The minimum absolute atomic E-state index is 0.534. The van der Waals surface area contributed by atoms with Crippen LogP contribution in [0.3, 0.4) is 0 Å². The van der Waals surface area contributed by atoms with Crippen molar-refractivity contribution in [3.05, 3.63) is 247 Å². The third kappa shape index (κ3) is 4.49. The van der Waals surface area contributed by atoms with Gasteiger partial charge >= 0.3 is 0 Å². The van der Waals surface area contributed by atoms with Crippen LogP contribution < -0.4 is 4.90 Å². The van der Waals surface area contributed by atoms with Crippen LogP contribution >= 0.6 is 11.3 Å². The van der Waals surface area contributed by atoms with Gasteiger partial charge in [0.05, 0.1) is 49.9 Å². The standard InChI is InChI=1S/C61H37N3S/c1-3-17-38(18-4-1)61(39-19-5-2-6-20-39)47-25-11-7-23-45(47)57-48(61)26-15-29-52(57)62(53-30-16-32-56-58(53)46-24-10-14-31-55(46)65-56)40-33-36-51-54(37-40)64-50-28-13-9-22-42(50)44-35-34-43-41-21-8-12-27-49(41)63(51)59(43)60(44)64/h1-37H. The second-order valence-electron chi connectivity index (χ2n) is 17.5. The molecule has 3 nitrogen and oxygen atoms in total. The molecule has 1 aliphatic carbocycles. The summed E-state index contributed by atoms with van der Waals surface area (Å²) in [5.41, 5.74) is 17.8. The van der Waals surface area contributed by atoms with Gasteiger partial charge in [0.25, 0.3) is 0 Å². The van der Waals surface area contributed by atoms with Crippen LogP contribution in [0.25, 0.3) is 85.9 Å². The van der Waals surface area contributed by atoms with E-state index in [4.69, 9.17) is 0 Å². The molecule has 0 amide bonds. The molecule has 15 rings (SSSR count). The third-order valence-electron chi connectivity index (χ3n) is 14.5. The van der Waals surface area contributed by atoms with Crippen molar-refractivity contribution in [2.45, 2.75) is 5.41 Å². The maximum atomic E-state index is 2.58. The highest BCUT2D eigenvalue weighted by Gasteiger charge is 2.47. The van der Waals surface area contributed by atoms with E-state index in [1.807, 2.05) is 11.3 Å². The van der Waals surface area contributed by atoms with E-state index in [9.17, 15) is 0 Å². The second-order valence-corrected chi connectivity index (χ2v) is 18.6. The van der Waals surface area contributed by atoms with E-state index in [1.165, 1.54) is 108 Å². The Balaban J connectivity index is 1.11. The summed E-state index contributed by atoms with van der Waals surface area (Å²) in [5.74, 6) is 0. The Labute approximate surface area is 378 Å². The predicted octanol–water partition coefficient (Wildman–Crippen LogP) is 16.4. The van der Waals surface area contributed by atoms with E-state index < -0.39 is 5.41 Å².